The van der Waals surface area contributed by atoms with E-state index in [-0.39, 0.29) is 17.7 Å². The molecule has 2 aromatic rings. The Morgan fingerprint density at radius 1 is 1.03 bits per heavy atom. The zero-order valence-electron chi connectivity index (χ0n) is 16.1. The average Bonchev–Trinajstić information content (AvgIpc) is 3.55. The van der Waals surface area contributed by atoms with Gasteiger partial charge in [0.05, 0.1) is 7.11 Å². The number of benzene rings is 2. The fraction of sp³-hybridized carbons (Fsp3) is 0.300. The quantitative estimate of drug-likeness (QED) is 0.692. The Morgan fingerprint density at radius 3 is 2.13 bits per heavy atom. The van der Waals surface area contributed by atoms with Crippen LogP contribution in [0.3, 0.4) is 0 Å². The number of alkyl halides is 3. The maximum absolute atomic E-state index is 13.1. The fourth-order valence-corrected chi connectivity index (χ4v) is 2.73. The van der Waals surface area contributed by atoms with Crippen LogP contribution in [0.2, 0.25) is 0 Å². The summed E-state index contributed by atoms with van der Waals surface area (Å²) >= 11 is 0. The van der Waals surface area contributed by atoms with Gasteiger partial charge in [0, 0.05) is 11.1 Å². The smallest absolute Gasteiger partial charge is 0.442 e. The summed E-state index contributed by atoms with van der Waals surface area (Å²) < 4.78 is 49.6. The number of carbonyl (C=O) groups is 2. The van der Waals surface area contributed by atoms with E-state index in [4.69, 9.17) is 9.47 Å². The van der Waals surface area contributed by atoms with E-state index in [0.29, 0.717) is 5.75 Å². The van der Waals surface area contributed by atoms with Crippen molar-refractivity contribution in [1.29, 1.82) is 0 Å². The standard InChI is InChI=1S/C20H18F3N3O4/c1-18(17(28)29-2,12-30-15-6-4-3-5-7-15)24-16(27)13-8-10-14(11-9-13)19(25-26-19)20(21,22)23/h3-11H,12H2,1-2H3,(H,24,27). The van der Waals surface area contributed by atoms with Gasteiger partial charge in [-0.15, -0.1) is 10.2 Å². The lowest BCUT2D eigenvalue weighted by atomic mass is 9.99. The zero-order chi connectivity index (χ0) is 22.0. The molecule has 0 fully saturated rings. The SMILES string of the molecule is COC(=O)C(C)(COc1ccccc1)NC(=O)c1ccc(C2(C(F)(F)F)N=N2)cc1. The van der Waals surface area contributed by atoms with Crippen LogP contribution in [0, 0.1) is 0 Å². The average molecular weight is 421 g/mol. The number of rotatable bonds is 7. The van der Waals surface area contributed by atoms with Gasteiger partial charge in [0.1, 0.15) is 12.4 Å². The Balaban J connectivity index is 1.73. The van der Waals surface area contributed by atoms with Gasteiger partial charge in [-0.1, -0.05) is 30.3 Å². The maximum Gasteiger partial charge on any atom is 0.442 e. The molecule has 7 nitrogen and oxygen atoms in total. The second-order valence-corrected chi connectivity index (χ2v) is 6.83. The molecular weight excluding hydrogens is 403 g/mol. The molecule has 0 bridgehead atoms. The van der Waals surface area contributed by atoms with Crippen molar-refractivity contribution in [3.05, 3.63) is 65.7 Å². The van der Waals surface area contributed by atoms with Gasteiger partial charge in [-0.2, -0.15) is 13.2 Å². The molecule has 2 aromatic carbocycles. The molecule has 30 heavy (non-hydrogen) atoms. The number of nitrogens with one attached hydrogen (secondary N) is 1. The molecular formula is C20H18F3N3O4. The number of esters is 1. The first-order valence-corrected chi connectivity index (χ1v) is 8.81. The molecule has 0 saturated carbocycles. The Morgan fingerprint density at radius 2 is 1.63 bits per heavy atom. The lowest BCUT2D eigenvalue weighted by molar-refractivity contribution is -0.166. The van der Waals surface area contributed by atoms with Crippen LogP contribution in [0.15, 0.2) is 64.8 Å². The summed E-state index contributed by atoms with van der Waals surface area (Å²) in [5.74, 6) is -0.938. The molecule has 3 rings (SSSR count). The van der Waals surface area contributed by atoms with Gasteiger partial charge < -0.3 is 14.8 Å². The van der Waals surface area contributed by atoms with Crippen LogP contribution in [0.1, 0.15) is 22.8 Å². The third-order valence-electron chi connectivity index (χ3n) is 4.54. The molecule has 1 heterocycles. The Kier molecular flexibility index (Phi) is 5.51. The van der Waals surface area contributed by atoms with E-state index in [1.165, 1.54) is 26.2 Å². The summed E-state index contributed by atoms with van der Waals surface area (Å²) in [5.41, 5.74) is -4.25. The predicted molar refractivity (Wildman–Crippen MR) is 98.9 cm³/mol. The van der Waals surface area contributed by atoms with Crippen LogP contribution in [0.4, 0.5) is 13.2 Å². The van der Waals surface area contributed by atoms with Crippen LogP contribution < -0.4 is 10.1 Å². The highest BCUT2D eigenvalue weighted by molar-refractivity contribution is 5.98. The van der Waals surface area contributed by atoms with Gasteiger partial charge in [0.2, 0.25) is 0 Å². The highest BCUT2D eigenvalue weighted by Crippen LogP contribution is 2.52. The topological polar surface area (TPSA) is 89.3 Å². The minimum atomic E-state index is -4.66. The Labute approximate surface area is 169 Å². The fourth-order valence-electron chi connectivity index (χ4n) is 2.73. The molecule has 0 aromatic heterocycles. The van der Waals surface area contributed by atoms with Gasteiger partial charge in [0.15, 0.2) is 5.54 Å². The molecule has 0 spiro atoms. The van der Waals surface area contributed by atoms with Crippen LogP contribution in [0.25, 0.3) is 0 Å². The third-order valence-corrected chi connectivity index (χ3v) is 4.54. The molecule has 1 N–H and O–H groups in total. The van der Waals surface area contributed by atoms with Crippen molar-refractivity contribution < 1.29 is 32.2 Å². The third kappa shape index (κ3) is 4.12. The van der Waals surface area contributed by atoms with Gasteiger partial charge in [0.25, 0.3) is 5.91 Å². The number of amides is 1. The molecule has 158 valence electrons. The summed E-state index contributed by atoms with van der Waals surface area (Å²) in [6.45, 7) is 1.21. The van der Waals surface area contributed by atoms with Gasteiger partial charge in [-0.05, 0) is 31.2 Å². The number of nitrogens with zero attached hydrogens (tertiary/aromatic N) is 2. The molecule has 1 atom stereocenters. The van der Waals surface area contributed by atoms with Crippen LogP contribution >= 0.6 is 0 Å². The second-order valence-electron chi connectivity index (χ2n) is 6.83. The second kappa shape index (κ2) is 7.77. The summed E-state index contributed by atoms with van der Waals surface area (Å²) in [5, 5.41) is 8.76. The normalized spacial score (nSPS) is 16.3. The summed E-state index contributed by atoms with van der Waals surface area (Å²) in [4.78, 5) is 24.9. The van der Waals surface area contributed by atoms with Crippen molar-refractivity contribution in [3.8, 4) is 5.75 Å². The van der Waals surface area contributed by atoms with Crippen LogP contribution in [-0.2, 0) is 15.2 Å². The monoisotopic (exact) mass is 421 g/mol. The van der Waals surface area contributed by atoms with Crippen LogP contribution in [0.5, 0.6) is 5.75 Å². The van der Waals surface area contributed by atoms with Gasteiger partial charge in [-0.25, -0.2) is 4.79 Å². The molecule has 1 amide bonds. The minimum Gasteiger partial charge on any atom is -0.491 e. The summed E-state index contributed by atoms with van der Waals surface area (Å²) in [6.07, 6.45) is -4.66. The lowest BCUT2D eigenvalue weighted by Gasteiger charge is -2.28. The Hall–Kier alpha value is -3.43. The molecule has 10 heteroatoms. The molecule has 1 aliphatic heterocycles. The number of carbonyl (C=O) groups excluding carboxylic acids is 2. The van der Waals surface area contributed by atoms with Crippen molar-refractivity contribution in [2.24, 2.45) is 10.2 Å². The first-order valence-electron chi connectivity index (χ1n) is 8.81. The van der Waals surface area contributed by atoms with E-state index < -0.39 is 29.3 Å². The number of halogens is 3. The minimum absolute atomic E-state index is 0.0477. The van der Waals surface area contributed by atoms with E-state index in [9.17, 15) is 22.8 Å². The molecule has 0 aliphatic carbocycles. The summed E-state index contributed by atoms with van der Waals surface area (Å²) in [7, 11) is 1.17. The molecule has 0 saturated heterocycles. The number of para-hydroxylation sites is 1. The van der Waals surface area contributed by atoms with E-state index in [2.05, 4.69) is 15.5 Å². The van der Waals surface area contributed by atoms with Crippen molar-refractivity contribution in [2.75, 3.05) is 13.7 Å². The van der Waals surface area contributed by atoms with Crippen molar-refractivity contribution in [1.82, 2.24) is 5.32 Å². The highest BCUT2D eigenvalue weighted by atomic mass is 19.4. The zero-order valence-corrected chi connectivity index (χ0v) is 16.1. The first-order chi connectivity index (χ1) is 14.1. The van der Waals surface area contributed by atoms with Crippen LogP contribution in [-0.4, -0.2) is 37.3 Å². The Bertz CT molecular complexity index is 956. The van der Waals surface area contributed by atoms with Crippen molar-refractivity contribution in [3.63, 3.8) is 0 Å². The summed E-state index contributed by atoms with van der Waals surface area (Å²) in [6, 6.07) is 13.3. The molecule has 0 radical (unpaired) electrons. The van der Waals surface area contributed by atoms with E-state index >= 15 is 0 Å². The van der Waals surface area contributed by atoms with Gasteiger partial charge in [-0.3, -0.25) is 4.79 Å². The first kappa shape index (κ1) is 21.3. The van der Waals surface area contributed by atoms with E-state index in [1.54, 1.807) is 30.3 Å². The van der Waals surface area contributed by atoms with E-state index in [1.807, 2.05) is 0 Å². The largest absolute Gasteiger partial charge is 0.491 e. The highest BCUT2D eigenvalue weighted by Gasteiger charge is 2.65. The number of ether oxygens (including phenoxy) is 2. The number of hydrogen-bond acceptors (Lipinski definition) is 6. The number of hydrogen-bond donors (Lipinski definition) is 1. The van der Waals surface area contributed by atoms with Crippen molar-refractivity contribution >= 4 is 11.9 Å². The molecule has 1 aliphatic rings. The van der Waals surface area contributed by atoms with Gasteiger partial charge >= 0.3 is 17.8 Å². The molecule has 1 unspecified atom stereocenters. The van der Waals surface area contributed by atoms with E-state index in [0.717, 1.165) is 12.1 Å². The van der Waals surface area contributed by atoms with Crippen molar-refractivity contribution in [2.45, 2.75) is 24.3 Å². The number of methoxy groups -OCH3 is 1. The lowest BCUT2D eigenvalue weighted by Crippen LogP contribution is -2.56. The predicted octanol–water partition coefficient (Wildman–Crippen LogP) is 3.61. The maximum atomic E-state index is 13.1.